The Morgan fingerprint density at radius 3 is 2.76 bits per heavy atom. The highest BCUT2D eigenvalue weighted by Gasteiger charge is 2.27. The second-order valence-corrected chi connectivity index (χ2v) is 7.27. The summed E-state index contributed by atoms with van der Waals surface area (Å²) in [4.78, 5) is 8.83. The van der Waals surface area contributed by atoms with Gasteiger partial charge in [-0.25, -0.2) is 13.4 Å². The maximum atomic E-state index is 12.4. The van der Waals surface area contributed by atoms with Crippen LogP contribution in [-0.2, 0) is 10.0 Å². The molecular formula is C13H25N5O2S. The van der Waals surface area contributed by atoms with Crippen LogP contribution in [0.4, 0.5) is 0 Å². The van der Waals surface area contributed by atoms with Crippen LogP contribution in [0.1, 0.15) is 25.7 Å². The minimum Gasteiger partial charge on any atom is -0.335 e. The number of rotatable bonds is 7. The van der Waals surface area contributed by atoms with Crippen molar-refractivity contribution >= 4 is 10.0 Å². The van der Waals surface area contributed by atoms with E-state index < -0.39 is 10.0 Å². The highest BCUT2D eigenvalue weighted by Crippen LogP contribution is 2.15. The SMILES string of the molecule is NCCCCCN1CCCN(S(=O)(=O)c2cnc[nH]2)CC1. The van der Waals surface area contributed by atoms with E-state index in [-0.39, 0.29) is 5.03 Å². The average Bonchev–Trinajstić information content (AvgIpc) is 2.91. The van der Waals surface area contributed by atoms with Gasteiger partial charge in [0.2, 0.25) is 0 Å². The molecule has 0 bridgehead atoms. The molecule has 0 amide bonds. The van der Waals surface area contributed by atoms with Crippen LogP contribution in [0.5, 0.6) is 0 Å². The number of nitrogens with zero attached hydrogens (tertiary/aromatic N) is 3. The van der Waals surface area contributed by atoms with Crippen molar-refractivity contribution in [1.29, 1.82) is 0 Å². The van der Waals surface area contributed by atoms with Crippen LogP contribution >= 0.6 is 0 Å². The molecule has 2 heterocycles. The van der Waals surface area contributed by atoms with E-state index in [0.717, 1.165) is 51.9 Å². The largest absolute Gasteiger partial charge is 0.335 e. The summed E-state index contributed by atoms with van der Waals surface area (Å²) in [6.45, 7) is 4.63. The fourth-order valence-electron chi connectivity index (χ4n) is 2.59. The lowest BCUT2D eigenvalue weighted by Gasteiger charge is -2.21. The van der Waals surface area contributed by atoms with Crippen molar-refractivity contribution < 1.29 is 8.42 Å². The van der Waals surface area contributed by atoms with E-state index in [4.69, 9.17) is 5.73 Å². The third-order valence-electron chi connectivity index (χ3n) is 3.82. The van der Waals surface area contributed by atoms with Crippen molar-refractivity contribution in [2.45, 2.75) is 30.7 Å². The molecule has 1 fully saturated rings. The quantitative estimate of drug-likeness (QED) is 0.703. The van der Waals surface area contributed by atoms with Gasteiger partial charge in [0.25, 0.3) is 10.0 Å². The summed E-state index contributed by atoms with van der Waals surface area (Å²) in [5.74, 6) is 0. The van der Waals surface area contributed by atoms with Gasteiger partial charge in [-0.05, 0) is 38.9 Å². The van der Waals surface area contributed by atoms with Gasteiger partial charge in [-0.1, -0.05) is 6.42 Å². The van der Waals surface area contributed by atoms with Crippen LogP contribution in [0.25, 0.3) is 0 Å². The van der Waals surface area contributed by atoms with Crippen molar-refractivity contribution in [3.63, 3.8) is 0 Å². The summed E-state index contributed by atoms with van der Waals surface area (Å²) in [6.07, 6.45) is 6.96. The maximum Gasteiger partial charge on any atom is 0.260 e. The van der Waals surface area contributed by atoms with Crippen molar-refractivity contribution in [3.05, 3.63) is 12.5 Å². The molecule has 0 saturated carbocycles. The fraction of sp³-hybridized carbons (Fsp3) is 0.769. The molecule has 120 valence electrons. The first-order valence-electron chi connectivity index (χ1n) is 7.55. The van der Waals surface area contributed by atoms with Crippen LogP contribution < -0.4 is 5.73 Å². The number of H-pyrrole nitrogens is 1. The van der Waals surface area contributed by atoms with Gasteiger partial charge in [-0.2, -0.15) is 4.31 Å². The van der Waals surface area contributed by atoms with E-state index in [1.807, 2.05) is 0 Å². The van der Waals surface area contributed by atoms with E-state index in [0.29, 0.717) is 13.1 Å². The third-order valence-corrected chi connectivity index (χ3v) is 5.64. The van der Waals surface area contributed by atoms with Crippen molar-refractivity contribution in [3.8, 4) is 0 Å². The Morgan fingerprint density at radius 1 is 1.19 bits per heavy atom. The summed E-state index contributed by atoms with van der Waals surface area (Å²) in [5.41, 5.74) is 5.49. The van der Waals surface area contributed by atoms with Crippen LogP contribution in [0.3, 0.4) is 0 Å². The number of nitrogens with two attached hydrogens (primary N) is 1. The molecule has 0 radical (unpaired) electrons. The number of aromatic nitrogens is 2. The third kappa shape index (κ3) is 4.50. The molecule has 0 atom stereocenters. The first kappa shape index (κ1) is 16.4. The Labute approximate surface area is 126 Å². The monoisotopic (exact) mass is 315 g/mol. The molecule has 8 heteroatoms. The van der Waals surface area contributed by atoms with Gasteiger partial charge in [0.15, 0.2) is 5.03 Å². The topological polar surface area (TPSA) is 95.3 Å². The van der Waals surface area contributed by atoms with Gasteiger partial charge in [0.05, 0.1) is 12.5 Å². The van der Waals surface area contributed by atoms with E-state index in [1.54, 1.807) is 4.31 Å². The first-order chi connectivity index (χ1) is 10.1. The van der Waals surface area contributed by atoms with E-state index in [1.165, 1.54) is 12.5 Å². The second-order valence-electron chi connectivity index (χ2n) is 5.36. The zero-order valence-electron chi connectivity index (χ0n) is 12.4. The number of aromatic amines is 1. The molecule has 0 aliphatic carbocycles. The Balaban J connectivity index is 1.86. The van der Waals surface area contributed by atoms with Gasteiger partial charge < -0.3 is 15.6 Å². The molecule has 0 aromatic carbocycles. The predicted octanol–water partition coefficient (Wildman–Crippen LogP) is 0.235. The van der Waals surface area contributed by atoms with E-state index in [9.17, 15) is 8.42 Å². The van der Waals surface area contributed by atoms with Crippen LogP contribution in [0.2, 0.25) is 0 Å². The van der Waals surface area contributed by atoms with Crippen LogP contribution in [-0.4, -0.2) is 66.9 Å². The molecule has 0 spiro atoms. The molecule has 1 aliphatic heterocycles. The summed E-state index contributed by atoms with van der Waals surface area (Å²) in [5, 5.41) is 0.180. The Kier molecular flexibility index (Phi) is 6.16. The van der Waals surface area contributed by atoms with Gasteiger partial charge in [0.1, 0.15) is 0 Å². The predicted molar refractivity (Wildman–Crippen MR) is 81.3 cm³/mol. The number of unbranched alkanes of at least 4 members (excludes halogenated alkanes) is 2. The second kappa shape index (κ2) is 7.88. The minimum absolute atomic E-state index is 0.180. The maximum absolute atomic E-state index is 12.4. The summed E-state index contributed by atoms with van der Waals surface area (Å²) >= 11 is 0. The molecule has 1 saturated heterocycles. The Hall–Kier alpha value is -0.960. The summed E-state index contributed by atoms with van der Waals surface area (Å²) in [7, 11) is -3.42. The number of hydrogen-bond donors (Lipinski definition) is 2. The van der Waals surface area contributed by atoms with Crippen molar-refractivity contribution in [1.82, 2.24) is 19.2 Å². The number of sulfonamides is 1. The highest BCUT2D eigenvalue weighted by molar-refractivity contribution is 7.89. The minimum atomic E-state index is -3.42. The zero-order valence-corrected chi connectivity index (χ0v) is 13.2. The molecule has 7 nitrogen and oxygen atoms in total. The Morgan fingerprint density at radius 2 is 2.05 bits per heavy atom. The van der Waals surface area contributed by atoms with Gasteiger partial charge >= 0.3 is 0 Å². The smallest absolute Gasteiger partial charge is 0.260 e. The van der Waals surface area contributed by atoms with Gasteiger partial charge in [0, 0.05) is 19.6 Å². The van der Waals surface area contributed by atoms with Gasteiger partial charge in [-0.3, -0.25) is 0 Å². The van der Waals surface area contributed by atoms with E-state index >= 15 is 0 Å². The lowest BCUT2D eigenvalue weighted by atomic mass is 10.2. The van der Waals surface area contributed by atoms with E-state index in [2.05, 4.69) is 14.9 Å². The molecule has 3 N–H and O–H groups in total. The zero-order chi connectivity index (χ0) is 15.1. The van der Waals surface area contributed by atoms with Crippen molar-refractivity contribution in [2.24, 2.45) is 5.73 Å². The highest BCUT2D eigenvalue weighted by atomic mass is 32.2. The summed E-state index contributed by atoms with van der Waals surface area (Å²) in [6, 6.07) is 0. The lowest BCUT2D eigenvalue weighted by molar-refractivity contribution is 0.280. The molecule has 0 unspecified atom stereocenters. The van der Waals surface area contributed by atoms with Crippen LogP contribution in [0, 0.1) is 0 Å². The van der Waals surface area contributed by atoms with Crippen LogP contribution in [0.15, 0.2) is 17.6 Å². The van der Waals surface area contributed by atoms with Gasteiger partial charge in [-0.15, -0.1) is 0 Å². The number of imidazole rings is 1. The molecule has 21 heavy (non-hydrogen) atoms. The molecule has 2 rings (SSSR count). The first-order valence-corrected chi connectivity index (χ1v) is 8.99. The standard InChI is InChI=1S/C13H25N5O2S/c14-5-2-1-3-6-17-7-4-8-18(10-9-17)21(19,20)13-11-15-12-16-13/h11-12H,1-10,14H2,(H,15,16). The fourth-order valence-corrected chi connectivity index (χ4v) is 3.96. The Bertz CT molecular complexity index is 503. The molecular weight excluding hydrogens is 290 g/mol. The number of nitrogens with one attached hydrogen (secondary N) is 1. The summed E-state index contributed by atoms with van der Waals surface area (Å²) < 4.78 is 26.4. The molecule has 1 aliphatic rings. The normalized spacial score (nSPS) is 18.7. The molecule has 1 aromatic rings. The van der Waals surface area contributed by atoms with Crippen molar-refractivity contribution in [2.75, 3.05) is 39.3 Å². The lowest BCUT2D eigenvalue weighted by Crippen LogP contribution is -2.35. The molecule has 1 aromatic heterocycles. The average molecular weight is 315 g/mol. The number of hydrogen-bond acceptors (Lipinski definition) is 5.